The van der Waals surface area contributed by atoms with Crippen molar-refractivity contribution in [2.45, 2.75) is 12.8 Å². The highest BCUT2D eigenvalue weighted by Gasteiger charge is 2.34. The Morgan fingerprint density at radius 2 is 1.80 bits per heavy atom. The molecule has 0 aromatic carbocycles. The number of imide groups is 1. The Hall–Kier alpha value is -1.39. The van der Waals surface area contributed by atoms with Crippen LogP contribution in [0.25, 0.3) is 0 Å². The summed E-state index contributed by atoms with van der Waals surface area (Å²) in [6.45, 7) is 2.88. The van der Waals surface area contributed by atoms with Gasteiger partial charge in [0.25, 0.3) is 11.8 Å². The Kier molecular flexibility index (Phi) is 1.41. The van der Waals surface area contributed by atoms with Crippen molar-refractivity contribution in [3.63, 3.8) is 0 Å². The van der Waals surface area contributed by atoms with Crippen LogP contribution in [0.4, 0.5) is 0 Å². The zero-order chi connectivity index (χ0) is 7.72. The molecule has 0 saturated carbocycles. The Bertz CT molecular complexity index is 195. The monoisotopic (exact) mass is 142 g/mol. The van der Waals surface area contributed by atoms with E-state index >= 15 is 0 Å². The number of amides is 2. The van der Waals surface area contributed by atoms with Crippen molar-refractivity contribution < 1.29 is 14.4 Å². The lowest BCUT2D eigenvalue weighted by atomic mass is 10.4. The van der Waals surface area contributed by atoms with Gasteiger partial charge in [-0.2, -0.15) is 0 Å². The number of rotatable bonds is 1. The van der Waals surface area contributed by atoms with E-state index in [2.05, 4.69) is 6.72 Å². The Morgan fingerprint density at radius 1 is 1.40 bits per heavy atom. The fourth-order valence-corrected chi connectivity index (χ4v) is 0.814. The van der Waals surface area contributed by atoms with Crippen LogP contribution in [0.5, 0.6) is 0 Å². The Balaban J connectivity index is 2.82. The van der Waals surface area contributed by atoms with Crippen molar-refractivity contribution in [2.75, 3.05) is 0 Å². The quantitative estimate of drug-likeness (QED) is 0.159. The minimum Gasteiger partial charge on any atom is -0.596 e. The van der Waals surface area contributed by atoms with E-state index in [1.807, 2.05) is 0 Å². The van der Waals surface area contributed by atoms with Gasteiger partial charge in [0.05, 0.1) is 0 Å². The molecule has 5 nitrogen and oxygen atoms in total. The predicted octanol–water partition coefficient (Wildman–Crippen LogP) is -0.739. The highest BCUT2D eigenvalue weighted by molar-refractivity contribution is 6.00. The minimum atomic E-state index is -0.477. The van der Waals surface area contributed by atoms with Crippen LogP contribution >= 0.6 is 0 Å². The van der Waals surface area contributed by atoms with Crippen LogP contribution in [-0.2, 0) is 9.59 Å². The molecule has 10 heavy (non-hydrogen) atoms. The van der Waals surface area contributed by atoms with Gasteiger partial charge in [-0.25, -0.2) is 0 Å². The summed E-state index contributed by atoms with van der Waals surface area (Å²) in [5, 5.41) is 10.9. The van der Waals surface area contributed by atoms with E-state index in [1.54, 1.807) is 0 Å². The van der Waals surface area contributed by atoms with Crippen molar-refractivity contribution in [1.82, 2.24) is 5.01 Å². The van der Waals surface area contributed by atoms with Crippen LogP contribution in [0.1, 0.15) is 12.8 Å². The second-order valence-corrected chi connectivity index (χ2v) is 1.95. The molecule has 2 amide bonds. The first-order valence-corrected chi connectivity index (χ1v) is 2.76. The van der Waals surface area contributed by atoms with Gasteiger partial charge in [0, 0.05) is 12.8 Å². The lowest BCUT2D eigenvalue weighted by molar-refractivity contribution is -0.586. The van der Waals surface area contributed by atoms with Crippen molar-refractivity contribution in [1.29, 1.82) is 0 Å². The van der Waals surface area contributed by atoms with E-state index in [4.69, 9.17) is 0 Å². The number of hydrazine groups is 1. The predicted molar refractivity (Wildman–Crippen MR) is 31.8 cm³/mol. The van der Waals surface area contributed by atoms with Crippen LogP contribution < -0.4 is 0 Å². The summed E-state index contributed by atoms with van der Waals surface area (Å²) in [7, 11) is 0. The molecule has 0 radical (unpaired) electrons. The summed E-state index contributed by atoms with van der Waals surface area (Å²) in [4.78, 5) is 21.3. The zero-order valence-corrected chi connectivity index (χ0v) is 5.24. The van der Waals surface area contributed by atoms with Crippen molar-refractivity contribution in [2.24, 2.45) is 0 Å². The summed E-state index contributed by atoms with van der Waals surface area (Å²) in [5.74, 6) is -0.954. The Labute approximate surface area is 57.1 Å². The third-order valence-corrected chi connectivity index (χ3v) is 1.25. The molecule has 0 atom stereocenters. The van der Waals surface area contributed by atoms with Crippen LogP contribution in [0, 0.1) is 5.21 Å². The normalized spacial score (nSPS) is 18.2. The second kappa shape index (κ2) is 2.09. The average Bonchev–Trinajstić information content (AvgIpc) is 2.11. The molecule has 1 fully saturated rings. The molecular weight excluding hydrogens is 136 g/mol. The molecule has 0 aromatic rings. The first-order chi connectivity index (χ1) is 4.63. The van der Waals surface area contributed by atoms with Gasteiger partial charge >= 0.3 is 0 Å². The van der Waals surface area contributed by atoms with E-state index in [-0.39, 0.29) is 17.7 Å². The van der Waals surface area contributed by atoms with E-state index in [0.29, 0.717) is 5.01 Å². The smallest absolute Gasteiger partial charge is 0.288 e. The van der Waals surface area contributed by atoms with Crippen molar-refractivity contribution in [3.05, 3.63) is 5.21 Å². The molecule has 0 aromatic heterocycles. The fourth-order valence-electron chi connectivity index (χ4n) is 0.814. The third-order valence-electron chi connectivity index (χ3n) is 1.25. The van der Waals surface area contributed by atoms with Crippen LogP contribution in [0.3, 0.4) is 0 Å². The van der Waals surface area contributed by atoms with Crippen LogP contribution in [0.2, 0.25) is 0 Å². The van der Waals surface area contributed by atoms with E-state index in [1.165, 1.54) is 0 Å². The van der Waals surface area contributed by atoms with Crippen molar-refractivity contribution in [3.8, 4) is 0 Å². The first-order valence-electron chi connectivity index (χ1n) is 2.76. The molecule has 5 heteroatoms. The highest BCUT2D eigenvalue weighted by atomic mass is 16.5. The average molecular weight is 142 g/mol. The lowest BCUT2D eigenvalue weighted by Crippen LogP contribution is -2.35. The molecule has 1 saturated heterocycles. The molecule has 0 bridgehead atoms. The maximum Gasteiger partial charge on any atom is 0.288 e. The molecule has 1 heterocycles. The van der Waals surface area contributed by atoms with Crippen LogP contribution in [0.15, 0.2) is 0 Å². The van der Waals surface area contributed by atoms with Gasteiger partial charge in [-0.05, 0) is 5.01 Å². The summed E-state index contributed by atoms with van der Waals surface area (Å²) >= 11 is 0. The summed E-state index contributed by atoms with van der Waals surface area (Å²) in [6.07, 6.45) is 0.236. The van der Waals surface area contributed by atoms with Gasteiger partial charge in [-0.15, -0.1) is 0 Å². The Morgan fingerprint density at radius 3 is 2.00 bits per heavy atom. The molecule has 1 rings (SSSR count). The number of carbonyl (C=O) groups excluding carboxylic acids is 2. The standard InChI is InChI=1S/C5H6N2O3/c1-6(10)7-4(8)2-3-5(7)9/h1-3H2. The topological polar surface area (TPSA) is 63.5 Å². The molecule has 0 unspecified atom stereocenters. The second-order valence-electron chi connectivity index (χ2n) is 1.95. The maximum absolute atomic E-state index is 10.6. The van der Waals surface area contributed by atoms with Gasteiger partial charge < -0.3 is 5.21 Å². The number of nitrogens with zero attached hydrogens (tertiary/aromatic N) is 2. The maximum atomic E-state index is 10.6. The molecule has 0 N–H and O–H groups in total. The number of carbonyl (C=O) groups is 2. The largest absolute Gasteiger partial charge is 0.596 e. The molecule has 0 aliphatic carbocycles. The SMILES string of the molecule is C=[N+]([O-])N1C(=O)CCC1=O. The zero-order valence-electron chi connectivity index (χ0n) is 5.24. The number of hydrazone groups is 1. The van der Waals surface area contributed by atoms with E-state index in [9.17, 15) is 14.8 Å². The van der Waals surface area contributed by atoms with Gasteiger partial charge in [-0.1, -0.05) is 4.85 Å². The van der Waals surface area contributed by atoms with Gasteiger partial charge in [0.15, 0.2) is 6.72 Å². The minimum absolute atomic E-state index is 0.0116. The molecule has 0 spiro atoms. The van der Waals surface area contributed by atoms with E-state index in [0.717, 1.165) is 0 Å². The van der Waals surface area contributed by atoms with Gasteiger partial charge in [0.2, 0.25) is 0 Å². The molecule has 1 aliphatic heterocycles. The number of hydrogen-bond acceptors (Lipinski definition) is 3. The fraction of sp³-hybridized carbons (Fsp3) is 0.400. The molecule has 1 aliphatic rings. The third kappa shape index (κ3) is 0.854. The number of hydrogen-bond donors (Lipinski definition) is 0. The summed E-state index contributed by atoms with van der Waals surface area (Å²) in [5.41, 5.74) is 0. The summed E-state index contributed by atoms with van der Waals surface area (Å²) < 4.78 is 0. The highest BCUT2D eigenvalue weighted by Crippen LogP contribution is 2.10. The van der Waals surface area contributed by atoms with Crippen LogP contribution in [-0.4, -0.2) is 28.4 Å². The van der Waals surface area contributed by atoms with Crippen molar-refractivity contribution >= 4 is 18.5 Å². The lowest BCUT2D eigenvalue weighted by Gasteiger charge is -2.08. The first kappa shape index (κ1) is 6.73. The molecule has 54 valence electrons. The van der Waals surface area contributed by atoms with E-state index < -0.39 is 11.8 Å². The van der Waals surface area contributed by atoms with Gasteiger partial charge in [-0.3, -0.25) is 9.59 Å². The van der Waals surface area contributed by atoms with Gasteiger partial charge in [0.1, 0.15) is 0 Å². The molecular formula is C5H6N2O3. The summed E-state index contributed by atoms with van der Waals surface area (Å²) in [6, 6.07) is 0.